The lowest BCUT2D eigenvalue weighted by atomic mass is 9.93. The van der Waals surface area contributed by atoms with E-state index in [2.05, 4.69) is 5.32 Å². The van der Waals surface area contributed by atoms with Crippen molar-refractivity contribution < 1.29 is 22.7 Å². The number of hydrogen-bond donors (Lipinski definition) is 1. The van der Waals surface area contributed by atoms with Crippen LogP contribution in [-0.4, -0.2) is 75.4 Å². The van der Waals surface area contributed by atoms with Crippen LogP contribution in [0.1, 0.15) is 26.7 Å². The number of nitrogens with one attached hydrogen (secondary N) is 1. The van der Waals surface area contributed by atoms with Crippen LogP contribution in [0.3, 0.4) is 0 Å². The highest BCUT2D eigenvalue weighted by Gasteiger charge is 2.42. The Hall–Kier alpha value is -0.860. The topological polar surface area (TPSA) is 84.9 Å². The monoisotopic (exact) mass is 334 g/mol. The first-order valence-electron chi connectivity index (χ1n) is 7.68. The van der Waals surface area contributed by atoms with Gasteiger partial charge in [0.25, 0.3) is 0 Å². The van der Waals surface area contributed by atoms with E-state index in [0.29, 0.717) is 19.7 Å². The Labute approximate surface area is 132 Å². The van der Waals surface area contributed by atoms with E-state index < -0.39 is 21.5 Å². The molecule has 0 radical (unpaired) electrons. The summed E-state index contributed by atoms with van der Waals surface area (Å²) in [6, 6.07) is -0.657. The minimum absolute atomic E-state index is 0.0626. The molecule has 2 heterocycles. The van der Waals surface area contributed by atoms with Crippen LogP contribution in [0.2, 0.25) is 0 Å². The number of morpholine rings is 1. The zero-order chi connectivity index (χ0) is 16.4. The van der Waals surface area contributed by atoms with Crippen LogP contribution in [0.15, 0.2) is 0 Å². The number of urea groups is 1. The van der Waals surface area contributed by atoms with E-state index >= 15 is 0 Å². The van der Waals surface area contributed by atoms with E-state index in [9.17, 15) is 13.2 Å². The standard InChI is InChI=1S/C14H26N2O5S/c1-11(8-22(3,18)19)15-13(17)16-7-12(2)21-14(9-16)5-4-6-20-10-14/h11-12H,4-10H2,1-3H3,(H,15,17). The smallest absolute Gasteiger partial charge is 0.317 e. The SMILES string of the molecule is CC(CS(C)(=O)=O)NC(=O)N1CC(C)OC2(CCCOC2)C1. The van der Waals surface area contributed by atoms with Gasteiger partial charge in [-0.05, 0) is 26.7 Å². The molecule has 2 aliphatic heterocycles. The molecule has 1 spiro atoms. The average Bonchev–Trinajstić information content (AvgIpc) is 2.36. The van der Waals surface area contributed by atoms with Crippen molar-refractivity contribution in [2.24, 2.45) is 0 Å². The summed E-state index contributed by atoms with van der Waals surface area (Å²) < 4.78 is 34.1. The minimum Gasteiger partial charge on any atom is -0.378 e. The third-order valence-electron chi connectivity index (χ3n) is 3.90. The average molecular weight is 334 g/mol. The van der Waals surface area contributed by atoms with Gasteiger partial charge in [0.1, 0.15) is 15.4 Å². The number of amides is 2. The Kier molecular flexibility index (Phi) is 5.34. The molecule has 2 amide bonds. The molecule has 0 saturated carbocycles. The second kappa shape index (κ2) is 6.72. The van der Waals surface area contributed by atoms with Gasteiger partial charge in [-0.1, -0.05) is 0 Å². The Bertz CT molecular complexity index is 501. The highest BCUT2D eigenvalue weighted by atomic mass is 32.2. The van der Waals surface area contributed by atoms with E-state index in [1.165, 1.54) is 6.26 Å². The predicted octanol–water partition coefficient (Wildman–Crippen LogP) is 0.399. The molecule has 0 bridgehead atoms. The van der Waals surface area contributed by atoms with Gasteiger partial charge in [-0.15, -0.1) is 0 Å². The number of carbonyl (C=O) groups is 1. The summed E-state index contributed by atoms with van der Waals surface area (Å²) in [7, 11) is -3.12. The fourth-order valence-corrected chi connectivity index (χ4v) is 4.21. The van der Waals surface area contributed by atoms with Gasteiger partial charge in [-0.3, -0.25) is 0 Å². The van der Waals surface area contributed by atoms with Crippen molar-refractivity contribution in [3.8, 4) is 0 Å². The Balaban J connectivity index is 1.96. The summed E-state index contributed by atoms with van der Waals surface area (Å²) in [6.07, 6.45) is 2.90. The molecule has 0 aliphatic carbocycles. The first-order chi connectivity index (χ1) is 10.2. The third-order valence-corrected chi connectivity index (χ3v) is 5.01. The van der Waals surface area contributed by atoms with Crippen molar-refractivity contribution in [2.75, 3.05) is 38.3 Å². The van der Waals surface area contributed by atoms with E-state index in [-0.39, 0.29) is 17.9 Å². The molecule has 8 heteroatoms. The molecule has 0 aromatic heterocycles. The van der Waals surface area contributed by atoms with E-state index in [0.717, 1.165) is 19.4 Å². The lowest BCUT2D eigenvalue weighted by Gasteiger charge is -2.47. The maximum atomic E-state index is 12.4. The first-order valence-corrected chi connectivity index (χ1v) is 9.74. The van der Waals surface area contributed by atoms with Gasteiger partial charge >= 0.3 is 6.03 Å². The summed E-state index contributed by atoms with van der Waals surface area (Å²) in [4.78, 5) is 14.1. The molecule has 22 heavy (non-hydrogen) atoms. The lowest BCUT2D eigenvalue weighted by molar-refractivity contribution is -0.188. The number of carbonyl (C=O) groups excluding carboxylic acids is 1. The summed E-state index contributed by atoms with van der Waals surface area (Å²) in [5.41, 5.74) is -0.423. The zero-order valence-electron chi connectivity index (χ0n) is 13.5. The van der Waals surface area contributed by atoms with E-state index in [1.54, 1.807) is 11.8 Å². The van der Waals surface area contributed by atoms with Gasteiger partial charge in [0.2, 0.25) is 0 Å². The molecule has 1 N–H and O–H groups in total. The Morgan fingerprint density at radius 2 is 2.23 bits per heavy atom. The van der Waals surface area contributed by atoms with Crippen LogP contribution in [0.5, 0.6) is 0 Å². The molecular weight excluding hydrogens is 308 g/mol. The van der Waals surface area contributed by atoms with Gasteiger partial charge in [-0.2, -0.15) is 0 Å². The molecule has 0 aromatic rings. The second-order valence-electron chi connectivity index (χ2n) is 6.59. The maximum absolute atomic E-state index is 12.4. The van der Waals surface area contributed by atoms with Crippen LogP contribution in [-0.2, 0) is 19.3 Å². The van der Waals surface area contributed by atoms with Crippen molar-refractivity contribution in [1.29, 1.82) is 0 Å². The second-order valence-corrected chi connectivity index (χ2v) is 8.78. The van der Waals surface area contributed by atoms with E-state index in [1.807, 2.05) is 6.92 Å². The molecule has 2 saturated heterocycles. The van der Waals surface area contributed by atoms with Gasteiger partial charge in [0, 0.05) is 25.4 Å². The molecular formula is C14H26N2O5S. The highest BCUT2D eigenvalue weighted by molar-refractivity contribution is 7.90. The molecule has 2 aliphatic rings. The van der Waals surface area contributed by atoms with Gasteiger partial charge in [0.15, 0.2) is 0 Å². The fourth-order valence-electron chi connectivity index (χ4n) is 3.22. The van der Waals surface area contributed by atoms with Crippen molar-refractivity contribution >= 4 is 15.9 Å². The number of sulfone groups is 1. The molecule has 3 unspecified atom stereocenters. The van der Waals surface area contributed by atoms with Crippen molar-refractivity contribution in [2.45, 2.75) is 44.4 Å². The predicted molar refractivity (Wildman–Crippen MR) is 82.6 cm³/mol. The molecule has 0 aromatic carbocycles. The normalized spacial score (nSPS) is 31.0. The summed E-state index contributed by atoms with van der Waals surface area (Å²) >= 11 is 0. The summed E-state index contributed by atoms with van der Waals surface area (Å²) in [6.45, 7) is 5.85. The van der Waals surface area contributed by atoms with Crippen LogP contribution in [0.25, 0.3) is 0 Å². The number of hydrogen-bond acceptors (Lipinski definition) is 5. The van der Waals surface area contributed by atoms with Crippen molar-refractivity contribution in [1.82, 2.24) is 10.2 Å². The molecule has 3 atom stereocenters. The van der Waals surface area contributed by atoms with E-state index in [4.69, 9.17) is 9.47 Å². The summed E-state index contributed by atoms with van der Waals surface area (Å²) in [5, 5.41) is 2.76. The Morgan fingerprint density at radius 3 is 2.82 bits per heavy atom. The van der Waals surface area contributed by atoms with Crippen LogP contribution in [0, 0.1) is 0 Å². The minimum atomic E-state index is -3.12. The maximum Gasteiger partial charge on any atom is 0.317 e. The van der Waals surface area contributed by atoms with Gasteiger partial charge < -0.3 is 19.7 Å². The van der Waals surface area contributed by atoms with Crippen LogP contribution < -0.4 is 5.32 Å². The van der Waals surface area contributed by atoms with Crippen LogP contribution >= 0.6 is 0 Å². The quantitative estimate of drug-likeness (QED) is 0.807. The van der Waals surface area contributed by atoms with Gasteiger partial charge in [-0.25, -0.2) is 13.2 Å². The van der Waals surface area contributed by atoms with Crippen LogP contribution in [0.4, 0.5) is 4.79 Å². The number of ether oxygens (including phenoxy) is 2. The number of nitrogens with zero attached hydrogens (tertiary/aromatic N) is 1. The first kappa shape index (κ1) is 17.5. The highest BCUT2D eigenvalue weighted by Crippen LogP contribution is 2.30. The zero-order valence-corrected chi connectivity index (χ0v) is 14.3. The third kappa shape index (κ3) is 4.82. The fraction of sp³-hybridized carbons (Fsp3) is 0.929. The molecule has 7 nitrogen and oxygen atoms in total. The summed E-state index contributed by atoms with van der Waals surface area (Å²) in [5.74, 6) is -0.0626. The van der Waals surface area contributed by atoms with Gasteiger partial charge in [0.05, 0.1) is 25.0 Å². The molecule has 128 valence electrons. The van der Waals surface area contributed by atoms with Crippen molar-refractivity contribution in [3.63, 3.8) is 0 Å². The number of rotatable bonds is 3. The largest absolute Gasteiger partial charge is 0.378 e. The molecule has 2 rings (SSSR count). The van der Waals surface area contributed by atoms with Crippen molar-refractivity contribution in [3.05, 3.63) is 0 Å². The Morgan fingerprint density at radius 1 is 1.50 bits per heavy atom. The lowest BCUT2D eigenvalue weighted by Crippen LogP contribution is -2.62. The molecule has 2 fully saturated rings.